The maximum absolute atomic E-state index is 11.0. The minimum atomic E-state index is -0.361. The molecule has 1 aliphatic heterocycles. The first kappa shape index (κ1) is 11.0. The number of unbranched alkanes of at least 4 members (excludes halogenated alkanes) is 2. The molecule has 0 saturated carbocycles. The molecule has 0 aromatic heterocycles. The predicted molar refractivity (Wildman–Crippen MR) is 58.1 cm³/mol. The molecular weight excluding hydrogens is 178 g/mol. The highest BCUT2D eigenvalue weighted by Crippen LogP contribution is 2.09. The van der Waals surface area contributed by atoms with E-state index in [1.807, 2.05) is 0 Å². The standard InChI is InChI=1S/C10H17N3O/c1-2-3-4-5-8-9(6-7-11)13-10(14)12-8/h2-7,11H2,1H3. The highest BCUT2D eigenvalue weighted by atomic mass is 16.2. The van der Waals surface area contributed by atoms with Gasteiger partial charge in [-0.1, -0.05) is 19.8 Å². The Morgan fingerprint density at radius 1 is 1.14 bits per heavy atom. The van der Waals surface area contributed by atoms with Gasteiger partial charge in [0.15, 0.2) is 0 Å². The summed E-state index contributed by atoms with van der Waals surface area (Å²) in [5, 5.41) is 0. The van der Waals surface area contributed by atoms with Gasteiger partial charge in [0.05, 0.1) is 11.4 Å². The fourth-order valence-corrected chi connectivity index (χ4v) is 1.46. The monoisotopic (exact) mass is 195 g/mol. The molecule has 0 aliphatic carbocycles. The van der Waals surface area contributed by atoms with Gasteiger partial charge in [0, 0.05) is 6.42 Å². The SMILES string of the molecule is CCCCCC1=NC(=O)N=C1CCN. The van der Waals surface area contributed by atoms with Gasteiger partial charge < -0.3 is 5.73 Å². The van der Waals surface area contributed by atoms with Crippen LogP contribution in [0.5, 0.6) is 0 Å². The molecule has 0 saturated heterocycles. The molecule has 78 valence electrons. The molecule has 4 heteroatoms. The molecule has 0 atom stereocenters. The van der Waals surface area contributed by atoms with Crippen LogP contribution in [0.15, 0.2) is 9.98 Å². The average Bonchev–Trinajstić information content (AvgIpc) is 2.48. The van der Waals surface area contributed by atoms with Crippen LogP contribution < -0.4 is 5.73 Å². The summed E-state index contributed by atoms with van der Waals surface area (Å²) in [6, 6.07) is -0.361. The summed E-state index contributed by atoms with van der Waals surface area (Å²) in [5.41, 5.74) is 7.08. The number of rotatable bonds is 6. The fourth-order valence-electron chi connectivity index (χ4n) is 1.46. The molecule has 1 rings (SSSR count). The van der Waals surface area contributed by atoms with E-state index in [0.717, 1.165) is 24.3 Å². The summed E-state index contributed by atoms with van der Waals surface area (Å²) >= 11 is 0. The average molecular weight is 195 g/mol. The zero-order valence-electron chi connectivity index (χ0n) is 8.62. The summed E-state index contributed by atoms with van der Waals surface area (Å²) in [6.45, 7) is 2.68. The van der Waals surface area contributed by atoms with Gasteiger partial charge >= 0.3 is 6.03 Å². The third-order valence-electron chi connectivity index (χ3n) is 2.19. The lowest BCUT2D eigenvalue weighted by atomic mass is 10.1. The molecule has 0 bridgehead atoms. The van der Waals surface area contributed by atoms with Crippen LogP contribution in [0, 0.1) is 0 Å². The van der Waals surface area contributed by atoms with Crippen LogP contribution in [0.3, 0.4) is 0 Å². The molecule has 4 nitrogen and oxygen atoms in total. The van der Waals surface area contributed by atoms with Gasteiger partial charge in [-0.2, -0.15) is 9.98 Å². The second kappa shape index (κ2) is 5.65. The van der Waals surface area contributed by atoms with Crippen molar-refractivity contribution in [3.8, 4) is 0 Å². The Morgan fingerprint density at radius 2 is 1.79 bits per heavy atom. The van der Waals surface area contributed by atoms with Gasteiger partial charge in [0.2, 0.25) is 0 Å². The summed E-state index contributed by atoms with van der Waals surface area (Å²) in [6.07, 6.45) is 4.94. The van der Waals surface area contributed by atoms with Gasteiger partial charge in [0.25, 0.3) is 0 Å². The lowest BCUT2D eigenvalue weighted by molar-refractivity contribution is 0.257. The molecular formula is C10H17N3O. The third kappa shape index (κ3) is 3.03. The Morgan fingerprint density at radius 3 is 2.36 bits per heavy atom. The van der Waals surface area contributed by atoms with Crippen molar-refractivity contribution >= 4 is 17.5 Å². The quantitative estimate of drug-likeness (QED) is 0.658. The first-order valence-electron chi connectivity index (χ1n) is 5.17. The van der Waals surface area contributed by atoms with Gasteiger partial charge in [-0.3, -0.25) is 0 Å². The highest BCUT2D eigenvalue weighted by Gasteiger charge is 2.17. The predicted octanol–water partition coefficient (Wildman–Crippen LogP) is 1.93. The molecule has 2 N–H and O–H groups in total. The van der Waals surface area contributed by atoms with Crippen LogP contribution in [0.25, 0.3) is 0 Å². The number of nitrogens with zero attached hydrogens (tertiary/aromatic N) is 2. The molecule has 1 heterocycles. The van der Waals surface area contributed by atoms with Gasteiger partial charge in [0.1, 0.15) is 0 Å². The van der Waals surface area contributed by atoms with Gasteiger partial charge in [-0.15, -0.1) is 0 Å². The largest absolute Gasteiger partial charge is 0.367 e. The second-order valence-corrected chi connectivity index (χ2v) is 3.40. The third-order valence-corrected chi connectivity index (χ3v) is 2.19. The first-order chi connectivity index (χ1) is 6.77. The van der Waals surface area contributed by atoms with Crippen molar-refractivity contribution in [1.29, 1.82) is 0 Å². The van der Waals surface area contributed by atoms with Gasteiger partial charge in [-0.25, -0.2) is 4.79 Å². The molecule has 14 heavy (non-hydrogen) atoms. The first-order valence-corrected chi connectivity index (χ1v) is 5.17. The molecule has 0 fully saturated rings. The van der Waals surface area contributed by atoms with E-state index in [-0.39, 0.29) is 6.03 Å². The minimum absolute atomic E-state index is 0.361. The number of amides is 2. The summed E-state index contributed by atoms with van der Waals surface area (Å²) < 4.78 is 0. The number of carbonyl (C=O) groups excluding carboxylic acids is 1. The van der Waals surface area contributed by atoms with Crippen LogP contribution in [-0.2, 0) is 0 Å². The van der Waals surface area contributed by atoms with Gasteiger partial charge in [-0.05, 0) is 19.4 Å². The fraction of sp³-hybridized carbons (Fsp3) is 0.700. The van der Waals surface area contributed by atoms with Crippen LogP contribution in [0.4, 0.5) is 4.79 Å². The molecule has 0 unspecified atom stereocenters. The normalized spacial score (nSPS) is 15.7. The summed E-state index contributed by atoms with van der Waals surface area (Å²) in [7, 11) is 0. The summed E-state index contributed by atoms with van der Waals surface area (Å²) in [4.78, 5) is 18.7. The van der Waals surface area contributed by atoms with E-state index in [9.17, 15) is 4.79 Å². The van der Waals surface area contributed by atoms with Crippen molar-refractivity contribution in [2.24, 2.45) is 15.7 Å². The van der Waals surface area contributed by atoms with Crippen LogP contribution in [0.1, 0.15) is 39.0 Å². The maximum atomic E-state index is 11.0. The number of aliphatic imine (C=N–C) groups is 2. The van der Waals surface area contributed by atoms with Crippen molar-refractivity contribution in [2.45, 2.75) is 39.0 Å². The number of hydrogen-bond donors (Lipinski definition) is 1. The van der Waals surface area contributed by atoms with E-state index < -0.39 is 0 Å². The lowest BCUT2D eigenvalue weighted by Gasteiger charge is -2.02. The van der Waals surface area contributed by atoms with Crippen molar-refractivity contribution in [3.05, 3.63) is 0 Å². The van der Waals surface area contributed by atoms with Crippen LogP contribution in [0.2, 0.25) is 0 Å². The minimum Gasteiger partial charge on any atom is -0.330 e. The van der Waals surface area contributed by atoms with E-state index >= 15 is 0 Å². The molecule has 0 aromatic rings. The topological polar surface area (TPSA) is 67.8 Å². The zero-order chi connectivity index (χ0) is 10.4. The molecule has 2 amide bonds. The van der Waals surface area contributed by atoms with Crippen molar-refractivity contribution in [2.75, 3.05) is 6.54 Å². The lowest BCUT2D eigenvalue weighted by Crippen LogP contribution is -2.15. The number of hydrogen-bond acceptors (Lipinski definition) is 2. The van der Waals surface area contributed by atoms with E-state index in [1.165, 1.54) is 12.8 Å². The van der Waals surface area contributed by atoms with Crippen LogP contribution in [-0.4, -0.2) is 24.0 Å². The van der Waals surface area contributed by atoms with Crippen LogP contribution >= 0.6 is 0 Å². The number of nitrogens with two attached hydrogens (primary N) is 1. The molecule has 0 aromatic carbocycles. The zero-order valence-corrected chi connectivity index (χ0v) is 8.62. The van der Waals surface area contributed by atoms with E-state index in [1.54, 1.807) is 0 Å². The van der Waals surface area contributed by atoms with E-state index in [2.05, 4.69) is 16.9 Å². The number of urea groups is 1. The Hall–Kier alpha value is -1.03. The second-order valence-electron chi connectivity index (χ2n) is 3.40. The Bertz CT molecular complexity index is 269. The van der Waals surface area contributed by atoms with Crippen molar-refractivity contribution < 1.29 is 4.79 Å². The Labute approximate surface area is 84.3 Å². The van der Waals surface area contributed by atoms with E-state index in [0.29, 0.717) is 13.0 Å². The number of carbonyl (C=O) groups is 1. The summed E-state index contributed by atoms with van der Waals surface area (Å²) in [5.74, 6) is 0. The molecule has 0 spiro atoms. The smallest absolute Gasteiger partial charge is 0.330 e. The van der Waals surface area contributed by atoms with Crippen molar-refractivity contribution in [1.82, 2.24) is 0 Å². The van der Waals surface area contributed by atoms with Crippen molar-refractivity contribution in [3.63, 3.8) is 0 Å². The maximum Gasteiger partial charge on any atom is 0.367 e. The van der Waals surface area contributed by atoms with E-state index in [4.69, 9.17) is 5.73 Å². The molecule has 1 aliphatic rings. The Balaban J connectivity index is 2.46. The highest BCUT2D eigenvalue weighted by molar-refractivity contribution is 6.47. The Kier molecular flexibility index (Phi) is 4.46. The molecule has 0 radical (unpaired) electrons.